The van der Waals surface area contributed by atoms with E-state index in [1.54, 1.807) is 37.3 Å². The molecule has 0 aliphatic carbocycles. The number of fused-ring (bicyclic) bond motifs is 1. The Kier molecular flexibility index (Phi) is 4.64. The van der Waals surface area contributed by atoms with Gasteiger partial charge in [0, 0.05) is 0 Å². The average Bonchev–Trinajstić information content (AvgIpc) is 2.98. The number of aromatic nitrogens is 3. The molecule has 25 heavy (non-hydrogen) atoms. The van der Waals surface area contributed by atoms with Gasteiger partial charge < -0.3 is 4.74 Å². The van der Waals surface area contributed by atoms with E-state index in [0.29, 0.717) is 5.56 Å². The lowest BCUT2D eigenvalue weighted by Gasteiger charge is -2.00. The molecule has 0 aliphatic rings. The number of rotatable bonds is 5. The lowest BCUT2D eigenvalue weighted by molar-refractivity contribution is 0.0523. The fraction of sp³-hybridized carbons (Fsp3) is 0.200. The molecule has 0 bridgehead atoms. The first-order chi connectivity index (χ1) is 11.9. The number of esters is 1. The zero-order valence-corrected chi connectivity index (χ0v) is 14.7. The van der Waals surface area contributed by atoms with Gasteiger partial charge in [0.2, 0.25) is 19.1 Å². The van der Waals surface area contributed by atoms with Gasteiger partial charge in [-0.3, -0.25) is 4.79 Å². The van der Waals surface area contributed by atoms with E-state index in [1.165, 1.54) is 0 Å². The molecular formula is C15H13N3O5S2. The summed E-state index contributed by atoms with van der Waals surface area (Å²) in [5, 5.41) is 3.96. The van der Waals surface area contributed by atoms with Crippen molar-refractivity contribution in [2.24, 2.45) is 0 Å². The molecule has 3 aromatic rings. The Morgan fingerprint density at radius 1 is 1.28 bits per heavy atom. The van der Waals surface area contributed by atoms with Gasteiger partial charge in [0.15, 0.2) is 0 Å². The predicted molar refractivity (Wildman–Crippen MR) is 90.4 cm³/mol. The standard InChI is InChI=1S/C15H13N3O5S2/c1-2-23-13(20)11-8-18-14(16-12(11)19)24-15(17-18)25(21,22)9-10-6-4-3-5-7-10/h3-8H,2,9H2,1H3. The molecule has 130 valence electrons. The van der Waals surface area contributed by atoms with Crippen LogP contribution >= 0.6 is 11.3 Å². The number of benzene rings is 1. The summed E-state index contributed by atoms with van der Waals surface area (Å²) in [7, 11) is -3.70. The van der Waals surface area contributed by atoms with Crippen molar-refractivity contribution in [3.05, 3.63) is 58.0 Å². The summed E-state index contributed by atoms with van der Waals surface area (Å²) in [5.74, 6) is -1.04. The van der Waals surface area contributed by atoms with Gasteiger partial charge in [0.05, 0.1) is 18.6 Å². The molecule has 1 aromatic carbocycles. The van der Waals surface area contributed by atoms with Crippen molar-refractivity contribution >= 4 is 32.1 Å². The van der Waals surface area contributed by atoms with Crippen molar-refractivity contribution in [3.8, 4) is 0 Å². The third kappa shape index (κ3) is 3.59. The molecule has 0 radical (unpaired) electrons. The Balaban J connectivity index is 2.01. The SMILES string of the molecule is CCOC(=O)c1cn2nc(S(=O)(=O)Cc3ccccc3)sc2nc1=O. The normalized spacial score (nSPS) is 11.6. The van der Waals surface area contributed by atoms with Crippen LogP contribution in [0.15, 0.2) is 45.7 Å². The third-order valence-electron chi connectivity index (χ3n) is 3.20. The Labute approximate surface area is 146 Å². The zero-order chi connectivity index (χ0) is 18.0. The zero-order valence-electron chi connectivity index (χ0n) is 13.1. The Bertz CT molecular complexity index is 1090. The van der Waals surface area contributed by atoms with E-state index in [-0.39, 0.29) is 27.2 Å². The van der Waals surface area contributed by atoms with Crippen molar-refractivity contribution in [2.75, 3.05) is 6.61 Å². The molecule has 0 saturated carbocycles. The molecule has 10 heteroatoms. The molecule has 2 heterocycles. The minimum Gasteiger partial charge on any atom is -0.462 e. The van der Waals surface area contributed by atoms with Crippen LogP contribution < -0.4 is 5.56 Å². The number of carbonyl (C=O) groups is 1. The summed E-state index contributed by atoms with van der Waals surface area (Å²) in [4.78, 5) is 27.4. The van der Waals surface area contributed by atoms with E-state index in [2.05, 4.69) is 10.1 Å². The Morgan fingerprint density at radius 3 is 2.68 bits per heavy atom. The molecule has 8 nitrogen and oxygen atoms in total. The number of hydrogen-bond acceptors (Lipinski definition) is 8. The molecule has 0 aliphatic heterocycles. The first kappa shape index (κ1) is 17.2. The summed E-state index contributed by atoms with van der Waals surface area (Å²) >= 11 is 0.772. The summed E-state index contributed by atoms with van der Waals surface area (Å²) in [6, 6.07) is 8.68. The summed E-state index contributed by atoms with van der Waals surface area (Å²) in [6.45, 7) is 1.72. The number of carbonyl (C=O) groups excluding carboxylic acids is 1. The van der Waals surface area contributed by atoms with Crippen LogP contribution in [0.2, 0.25) is 0 Å². The highest BCUT2D eigenvalue weighted by Crippen LogP contribution is 2.21. The van der Waals surface area contributed by atoms with Crippen LogP contribution in [0.25, 0.3) is 4.96 Å². The highest BCUT2D eigenvalue weighted by atomic mass is 32.2. The largest absolute Gasteiger partial charge is 0.462 e. The second kappa shape index (κ2) is 6.73. The Morgan fingerprint density at radius 2 is 2.00 bits per heavy atom. The van der Waals surface area contributed by atoms with Crippen molar-refractivity contribution in [1.82, 2.24) is 14.6 Å². The van der Waals surface area contributed by atoms with E-state index < -0.39 is 21.4 Å². The topological polar surface area (TPSA) is 108 Å². The molecule has 0 saturated heterocycles. The van der Waals surface area contributed by atoms with E-state index in [9.17, 15) is 18.0 Å². The average molecular weight is 379 g/mol. The molecule has 0 atom stereocenters. The molecule has 0 N–H and O–H groups in total. The number of ether oxygens (including phenoxy) is 1. The van der Waals surface area contributed by atoms with Crippen LogP contribution in [0.3, 0.4) is 0 Å². The summed E-state index contributed by atoms with van der Waals surface area (Å²) in [5.41, 5.74) is -0.456. The maximum Gasteiger partial charge on any atom is 0.345 e. The van der Waals surface area contributed by atoms with Gasteiger partial charge in [0.25, 0.3) is 5.56 Å². The van der Waals surface area contributed by atoms with Crippen LogP contribution in [-0.2, 0) is 20.3 Å². The maximum absolute atomic E-state index is 12.5. The van der Waals surface area contributed by atoms with Crippen LogP contribution in [0.4, 0.5) is 0 Å². The number of hydrogen-bond donors (Lipinski definition) is 0. The Hall–Kier alpha value is -2.59. The van der Waals surface area contributed by atoms with Crippen LogP contribution in [0.1, 0.15) is 22.8 Å². The predicted octanol–water partition coefficient (Wildman–Crippen LogP) is 1.30. The minimum absolute atomic E-state index is 0.0877. The molecular weight excluding hydrogens is 366 g/mol. The molecule has 0 unspecified atom stereocenters. The molecule has 3 rings (SSSR count). The van der Waals surface area contributed by atoms with E-state index in [1.807, 2.05) is 0 Å². The highest BCUT2D eigenvalue weighted by Gasteiger charge is 2.23. The minimum atomic E-state index is -3.70. The van der Waals surface area contributed by atoms with Gasteiger partial charge >= 0.3 is 5.97 Å². The van der Waals surface area contributed by atoms with Crippen molar-refractivity contribution in [3.63, 3.8) is 0 Å². The van der Waals surface area contributed by atoms with Crippen LogP contribution in [0, 0.1) is 0 Å². The third-order valence-corrected chi connectivity index (χ3v) is 6.26. The molecule has 2 aromatic heterocycles. The smallest absolute Gasteiger partial charge is 0.345 e. The van der Waals surface area contributed by atoms with Crippen molar-refractivity contribution < 1.29 is 17.9 Å². The van der Waals surface area contributed by atoms with Gasteiger partial charge in [-0.15, -0.1) is 5.10 Å². The summed E-state index contributed by atoms with van der Waals surface area (Å²) in [6.07, 6.45) is 1.14. The lowest BCUT2D eigenvalue weighted by atomic mass is 10.2. The molecule has 0 fully saturated rings. The first-order valence-electron chi connectivity index (χ1n) is 7.25. The second-order valence-electron chi connectivity index (χ2n) is 5.02. The van der Waals surface area contributed by atoms with E-state index in [4.69, 9.17) is 4.74 Å². The number of nitrogens with zero attached hydrogens (tertiary/aromatic N) is 3. The van der Waals surface area contributed by atoms with Gasteiger partial charge in [-0.05, 0) is 12.5 Å². The van der Waals surface area contributed by atoms with E-state index in [0.717, 1.165) is 22.0 Å². The second-order valence-corrected chi connectivity index (χ2v) is 8.14. The van der Waals surface area contributed by atoms with Gasteiger partial charge in [-0.2, -0.15) is 4.98 Å². The fourth-order valence-corrected chi connectivity index (χ4v) is 4.56. The summed E-state index contributed by atoms with van der Waals surface area (Å²) < 4.78 is 30.7. The van der Waals surface area contributed by atoms with E-state index >= 15 is 0 Å². The van der Waals surface area contributed by atoms with Gasteiger partial charge in [-0.25, -0.2) is 17.7 Å². The quantitative estimate of drug-likeness (QED) is 0.615. The van der Waals surface area contributed by atoms with Crippen molar-refractivity contribution in [1.29, 1.82) is 0 Å². The maximum atomic E-state index is 12.5. The van der Waals surface area contributed by atoms with Crippen molar-refractivity contribution in [2.45, 2.75) is 17.0 Å². The van der Waals surface area contributed by atoms with Gasteiger partial charge in [-0.1, -0.05) is 41.7 Å². The fourth-order valence-electron chi connectivity index (χ4n) is 2.09. The first-order valence-corrected chi connectivity index (χ1v) is 9.72. The molecule has 0 spiro atoms. The van der Waals surface area contributed by atoms with Crippen LogP contribution in [0.5, 0.6) is 0 Å². The number of sulfone groups is 1. The monoisotopic (exact) mass is 379 g/mol. The lowest BCUT2D eigenvalue weighted by Crippen LogP contribution is -2.21. The van der Waals surface area contributed by atoms with Crippen LogP contribution in [-0.4, -0.2) is 35.6 Å². The highest BCUT2D eigenvalue weighted by molar-refractivity contribution is 7.92. The van der Waals surface area contributed by atoms with Gasteiger partial charge in [0.1, 0.15) is 5.56 Å². The molecule has 0 amide bonds.